The van der Waals surface area contributed by atoms with E-state index in [4.69, 9.17) is 4.74 Å². The van der Waals surface area contributed by atoms with Crippen molar-refractivity contribution < 1.29 is 19.4 Å². The average Bonchev–Trinajstić information content (AvgIpc) is 2.67. The number of hydrogen-bond donors (Lipinski definition) is 2. The lowest BCUT2D eigenvalue weighted by molar-refractivity contribution is -0.143. The highest BCUT2D eigenvalue weighted by Crippen LogP contribution is 2.33. The Hall–Kier alpha value is -2.08. The number of aliphatic carboxylic acids is 1. The molecule has 2 aliphatic rings. The molecule has 0 bridgehead atoms. The van der Waals surface area contributed by atoms with Gasteiger partial charge >= 0.3 is 12.0 Å². The fraction of sp³-hybridized carbons (Fsp3) is 0.600. The number of nitrogens with zero attached hydrogens (tertiary/aromatic N) is 1. The smallest absolute Gasteiger partial charge is 0.317 e. The van der Waals surface area contributed by atoms with E-state index in [1.165, 1.54) is 5.56 Å². The Morgan fingerprint density at radius 3 is 2.73 bits per heavy atom. The van der Waals surface area contributed by atoms with Crippen LogP contribution in [0.15, 0.2) is 24.3 Å². The van der Waals surface area contributed by atoms with Gasteiger partial charge in [0.1, 0.15) is 0 Å². The molecule has 142 valence electrons. The summed E-state index contributed by atoms with van der Waals surface area (Å²) in [6, 6.07) is 8.21. The number of piperidine rings is 1. The van der Waals surface area contributed by atoms with E-state index in [-0.39, 0.29) is 18.1 Å². The highest BCUT2D eigenvalue weighted by molar-refractivity contribution is 5.76. The first kappa shape index (κ1) is 18.7. The fourth-order valence-corrected chi connectivity index (χ4v) is 3.87. The van der Waals surface area contributed by atoms with Gasteiger partial charge in [-0.15, -0.1) is 0 Å². The molecule has 0 spiro atoms. The SMILES string of the molecule is Cc1ccc(C2OCCCC2CNC(=O)N2CCCC(C(=O)O)C2)cc1. The van der Waals surface area contributed by atoms with Crippen molar-refractivity contribution in [2.45, 2.75) is 38.7 Å². The molecule has 0 radical (unpaired) electrons. The first-order valence-corrected chi connectivity index (χ1v) is 9.48. The van der Waals surface area contributed by atoms with Crippen LogP contribution in [0.25, 0.3) is 0 Å². The zero-order valence-electron chi connectivity index (χ0n) is 15.3. The first-order chi connectivity index (χ1) is 12.5. The summed E-state index contributed by atoms with van der Waals surface area (Å²) >= 11 is 0. The van der Waals surface area contributed by atoms with Gasteiger partial charge in [0, 0.05) is 32.2 Å². The Bertz CT molecular complexity index is 631. The molecule has 2 N–H and O–H groups in total. The molecule has 2 amide bonds. The Labute approximate surface area is 154 Å². The van der Waals surface area contributed by atoms with E-state index >= 15 is 0 Å². The van der Waals surface area contributed by atoms with Crippen LogP contribution in [0.4, 0.5) is 4.79 Å². The van der Waals surface area contributed by atoms with Crippen molar-refractivity contribution in [1.29, 1.82) is 0 Å². The summed E-state index contributed by atoms with van der Waals surface area (Å²) in [5, 5.41) is 12.2. The van der Waals surface area contributed by atoms with Crippen LogP contribution >= 0.6 is 0 Å². The summed E-state index contributed by atoms with van der Waals surface area (Å²) in [5.41, 5.74) is 2.37. The third-order valence-electron chi connectivity index (χ3n) is 5.42. The Morgan fingerprint density at radius 2 is 2.00 bits per heavy atom. The van der Waals surface area contributed by atoms with Gasteiger partial charge in [-0.2, -0.15) is 0 Å². The van der Waals surface area contributed by atoms with Crippen LogP contribution in [0, 0.1) is 18.8 Å². The van der Waals surface area contributed by atoms with Crippen LogP contribution in [-0.4, -0.2) is 48.2 Å². The number of urea groups is 1. The second-order valence-corrected chi connectivity index (χ2v) is 7.41. The lowest BCUT2D eigenvalue weighted by Crippen LogP contribution is -2.48. The molecule has 1 aromatic carbocycles. The van der Waals surface area contributed by atoms with Gasteiger partial charge in [-0.1, -0.05) is 29.8 Å². The number of hydrogen-bond acceptors (Lipinski definition) is 3. The maximum absolute atomic E-state index is 12.5. The number of likely N-dealkylation sites (tertiary alicyclic amines) is 1. The van der Waals surface area contributed by atoms with Crippen molar-refractivity contribution in [3.05, 3.63) is 35.4 Å². The Kier molecular flexibility index (Phi) is 6.14. The molecule has 0 aliphatic carbocycles. The van der Waals surface area contributed by atoms with Crippen molar-refractivity contribution in [2.24, 2.45) is 11.8 Å². The standard InChI is InChI=1S/C20H28N2O4/c1-14-6-8-15(9-7-14)18-16(5-3-11-26-18)12-21-20(25)22-10-2-4-17(13-22)19(23)24/h6-9,16-18H,2-5,10-13H2,1H3,(H,21,25)(H,23,24). The van der Waals surface area contributed by atoms with Crippen LogP contribution in [0.5, 0.6) is 0 Å². The van der Waals surface area contributed by atoms with Gasteiger partial charge in [-0.3, -0.25) is 4.79 Å². The number of ether oxygens (including phenoxy) is 1. The van der Waals surface area contributed by atoms with Gasteiger partial charge < -0.3 is 20.1 Å². The van der Waals surface area contributed by atoms with Gasteiger partial charge in [-0.25, -0.2) is 4.79 Å². The molecule has 2 aliphatic heterocycles. The topological polar surface area (TPSA) is 78.9 Å². The van der Waals surface area contributed by atoms with E-state index in [1.807, 2.05) is 0 Å². The minimum absolute atomic E-state index is 0.00206. The van der Waals surface area contributed by atoms with E-state index in [0.29, 0.717) is 26.1 Å². The van der Waals surface area contributed by atoms with Gasteiger partial charge in [0.15, 0.2) is 0 Å². The molecular weight excluding hydrogens is 332 g/mol. The van der Waals surface area contributed by atoms with Crippen LogP contribution < -0.4 is 5.32 Å². The van der Waals surface area contributed by atoms with Gasteiger partial charge in [0.05, 0.1) is 12.0 Å². The summed E-state index contributed by atoms with van der Waals surface area (Å²) < 4.78 is 6.00. The maximum Gasteiger partial charge on any atom is 0.317 e. The highest BCUT2D eigenvalue weighted by Gasteiger charge is 2.30. The number of amides is 2. The average molecular weight is 360 g/mol. The molecule has 0 aromatic heterocycles. The van der Waals surface area contributed by atoms with Gasteiger partial charge in [0.2, 0.25) is 0 Å². The predicted octanol–water partition coefficient (Wildman–Crippen LogP) is 2.97. The van der Waals surface area contributed by atoms with Crippen molar-refractivity contribution in [1.82, 2.24) is 10.2 Å². The molecule has 2 fully saturated rings. The summed E-state index contributed by atoms with van der Waals surface area (Å²) in [5.74, 6) is -1.04. The summed E-state index contributed by atoms with van der Waals surface area (Å²) in [7, 11) is 0. The van der Waals surface area contributed by atoms with Crippen LogP contribution in [0.2, 0.25) is 0 Å². The zero-order chi connectivity index (χ0) is 18.5. The number of carbonyl (C=O) groups is 2. The third-order valence-corrected chi connectivity index (χ3v) is 5.42. The molecule has 3 atom stereocenters. The minimum Gasteiger partial charge on any atom is -0.481 e. The summed E-state index contributed by atoms with van der Waals surface area (Å²) in [4.78, 5) is 25.3. The molecule has 2 heterocycles. The van der Waals surface area contributed by atoms with E-state index < -0.39 is 11.9 Å². The quantitative estimate of drug-likeness (QED) is 0.865. The number of carboxylic acids is 1. The normalized spacial score (nSPS) is 26.3. The molecular formula is C20H28N2O4. The second kappa shape index (κ2) is 8.54. The molecule has 1 aromatic rings. The third kappa shape index (κ3) is 4.55. The second-order valence-electron chi connectivity index (χ2n) is 7.41. The minimum atomic E-state index is -0.817. The van der Waals surface area contributed by atoms with Crippen molar-refractivity contribution in [3.63, 3.8) is 0 Å². The zero-order valence-corrected chi connectivity index (χ0v) is 15.3. The lowest BCUT2D eigenvalue weighted by atomic mass is 9.89. The van der Waals surface area contributed by atoms with E-state index in [2.05, 4.69) is 36.5 Å². The number of carbonyl (C=O) groups excluding carboxylic acids is 1. The van der Waals surface area contributed by atoms with Crippen LogP contribution in [0.3, 0.4) is 0 Å². The summed E-state index contributed by atoms with van der Waals surface area (Å²) in [6.45, 7) is 4.27. The molecule has 3 unspecified atom stereocenters. The van der Waals surface area contributed by atoms with Crippen molar-refractivity contribution in [2.75, 3.05) is 26.2 Å². The van der Waals surface area contributed by atoms with Crippen LogP contribution in [0.1, 0.15) is 42.9 Å². The highest BCUT2D eigenvalue weighted by atomic mass is 16.5. The monoisotopic (exact) mass is 360 g/mol. The maximum atomic E-state index is 12.5. The Morgan fingerprint density at radius 1 is 1.23 bits per heavy atom. The van der Waals surface area contributed by atoms with Gasteiger partial charge in [-0.05, 0) is 38.2 Å². The van der Waals surface area contributed by atoms with E-state index in [9.17, 15) is 14.7 Å². The molecule has 0 saturated carbocycles. The molecule has 3 rings (SSSR count). The van der Waals surface area contributed by atoms with Gasteiger partial charge in [0.25, 0.3) is 0 Å². The number of aryl methyl sites for hydroxylation is 1. The van der Waals surface area contributed by atoms with E-state index in [1.54, 1.807) is 4.90 Å². The predicted molar refractivity (Wildman–Crippen MR) is 97.9 cm³/mol. The lowest BCUT2D eigenvalue weighted by Gasteiger charge is -2.34. The number of rotatable bonds is 4. The number of nitrogens with one attached hydrogen (secondary N) is 1. The van der Waals surface area contributed by atoms with Crippen molar-refractivity contribution >= 4 is 12.0 Å². The molecule has 6 nitrogen and oxygen atoms in total. The van der Waals surface area contributed by atoms with Crippen LogP contribution in [-0.2, 0) is 9.53 Å². The molecule has 26 heavy (non-hydrogen) atoms. The largest absolute Gasteiger partial charge is 0.481 e. The number of carboxylic acid groups (broad SMARTS) is 1. The molecule has 2 saturated heterocycles. The Balaban J connectivity index is 1.57. The van der Waals surface area contributed by atoms with Crippen molar-refractivity contribution in [3.8, 4) is 0 Å². The van der Waals surface area contributed by atoms with E-state index in [0.717, 1.165) is 31.4 Å². The fourth-order valence-electron chi connectivity index (χ4n) is 3.87. The molecule has 6 heteroatoms. The first-order valence-electron chi connectivity index (χ1n) is 9.48. The number of benzene rings is 1. The summed E-state index contributed by atoms with van der Waals surface area (Å²) in [6.07, 6.45) is 3.39.